The van der Waals surface area contributed by atoms with Gasteiger partial charge in [0, 0.05) is 19.6 Å². The first kappa shape index (κ1) is 17.3. The highest BCUT2D eigenvalue weighted by molar-refractivity contribution is 5.92. The van der Waals surface area contributed by atoms with E-state index in [4.69, 9.17) is 4.74 Å². The van der Waals surface area contributed by atoms with Crippen molar-refractivity contribution in [1.82, 2.24) is 19.8 Å². The van der Waals surface area contributed by atoms with Gasteiger partial charge >= 0.3 is 6.09 Å². The third-order valence-corrected chi connectivity index (χ3v) is 3.57. The molecule has 1 aliphatic rings. The minimum absolute atomic E-state index is 0.0375. The Morgan fingerprint density at radius 3 is 2.70 bits per heavy atom. The Bertz CT molecular complexity index is 556. The highest BCUT2D eigenvalue weighted by Gasteiger charge is 2.34. The first-order valence-corrected chi connectivity index (χ1v) is 8.09. The summed E-state index contributed by atoms with van der Waals surface area (Å²) in [5, 5.41) is 2.93. The molecule has 2 rings (SSSR count). The van der Waals surface area contributed by atoms with E-state index in [1.807, 2.05) is 25.3 Å². The Hall–Kier alpha value is -2.05. The van der Waals surface area contributed by atoms with Crippen LogP contribution in [0, 0.1) is 0 Å². The summed E-state index contributed by atoms with van der Waals surface area (Å²) < 4.78 is 7.15. The molecule has 0 saturated carbocycles. The molecule has 0 unspecified atom stereocenters. The zero-order chi connectivity index (χ0) is 17.0. The molecule has 0 radical (unpaired) electrons. The van der Waals surface area contributed by atoms with E-state index >= 15 is 0 Å². The number of rotatable bonds is 5. The van der Waals surface area contributed by atoms with E-state index in [2.05, 4.69) is 17.2 Å². The van der Waals surface area contributed by atoms with Gasteiger partial charge in [-0.1, -0.05) is 13.3 Å². The van der Waals surface area contributed by atoms with Crippen LogP contribution in [-0.4, -0.2) is 51.2 Å². The molecule has 1 N–H and O–H groups in total. The quantitative estimate of drug-likeness (QED) is 0.900. The van der Waals surface area contributed by atoms with E-state index in [-0.39, 0.29) is 18.0 Å². The highest BCUT2D eigenvalue weighted by Crippen LogP contribution is 2.15. The lowest BCUT2D eigenvalue weighted by molar-refractivity contribution is 0.00529. The van der Waals surface area contributed by atoms with Crippen molar-refractivity contribution in [2.24, 2.45) is 0 Å². The van der Waals surface area contributed by atoms with Gasteiger partial charge in [-0.2, -0.15) is 0 Å². The zero-order valence-electron chi connectivity index (χ0n) is 14.3. The van der Waals surface area contributed by atoms with Gasteiger partial charge in [0.25, 0.3) is 5.91 Å². The topological polar surface area (TPSA) is 76.5 Å². The maximum atomic E-state index is 12.3. The van der Waals surface area contributed by atoms with Crippen LogP contribution in [0.5, 0.6) is 0 Å². The Labute approximate surface area is 137 Å². The standard InChI is InChI=1S/C16H26N4O3/c1-5-6-7-19-11-17-8-13(19)14(21)18-12-9-20(10-12)15(22)23-16(2,3)4/h8,11-12H,5-7,9-10H2,1-4H3,(H,18,21). The maximum Gasteiger partial charge on any atom is 0.410 e. The number of hydrogen-bond donors (Lipinski definition) is 1. The predicted octanol–water partition coefficient (Wildman–Crippen LogP) is 2.03. The second-order valence-electron chi connectivity index (χ2n) is 6.88. The van der Waals surface area contributed by atoms with Gasteiger partial charge in [0.05, 0.1) is 18.6 Å². The van der Waals surface area contributed by atoms with Gasteiger partial charge in [-0.05, 0) is 27.2 Å². The lowest BCUT2D eigenvalue weighted by Gasteiger charge is -2.39. The average molecular weight is 322 g/mol. The van der Waals surface area contributed by atoms with E-state index in [0.717, 1.165) is 19.4 Å². The number of nitrogens with zero attached hydrogens (tertiary/aromatic N) is 3. The average Bonchev–Trinajstić information content (AvgIpc) is 2.85. The van der Waals surface area contributed by atoms with Gasteiger partial charge in [-0.15, -0.1) is 0 Å². The molecule has 23 heavy (non-hydrogen) atoms. The van der Waals surface area contributed by atoms with E-state index in [1.54, 1.807) is 17.4 Å². The molecule has 0 atom stereocenters. The van der Waals surface area contributed by atoms with E-state index in [9.17, 15) is 9.59 Å². The largest absolute Gasteiger partial charge is 0.444 e. The van der Waals surface area contributed by atoms with Crippen LogP contribution in [-0.2, 0) is 11.3 Å². The van der Waals surface area contributed by atoms with Crippen molar-refractivity contribution in [3.05, 3.63) is 18.2 Å². The molecule has 1 aromatic rings. The minimum Gasteiger partial charge on any atom is -0.444 e. The summed E-state index contributed by atoms with van der Waals surface area (Å²) in [6.45, 7) is 9.35. The number of aryl methyl sites for hydroxylation is 1. The van der Waals surface area contributed by atoms with Gasteiger partial charge in [-0.25, -0.2) is 9.78 Å². The molecule has 1 aromatic heterocycles. The number of amides is 2. The molecule has 128 valence electrons. The molecule has 1 saturated heterocycles. The molecule has 2 amide bonds. The Morgan fingerprint density at radius 1 is 1.39 bits per heavy atom. The van der Waals surface area contributed by atoms with Crippen molar-refractivity contribution < 1.29 is 14.3 Å². The van der Waals surface area contributed by atoms with E-state index < -0.39 is 5.60 Å². The molecule has 0 aliphatic carbocycles. The van der Waals surface area contributed by atoms with Crippen LogP contribution in [0.2, 0.25) is 0 Å². The molecule has 2 heterocycles. The maximum absolute atomic E-state index is 12.3. The minimum atomic E-state index is -0.503. The molecular formula is C16H26N4O3. The predicted molar refractivity (Wildman–Crippen MR) is 86.2 cm³/mol. The second kappa shape index (κ2) is 7.02. The monoisotopic (exact) mass is 322 g/mol. The summed E-state index contributed by atoms with van der Waals surface area (Å²) in [4.78, 5) is 29.8. The Morgan fingerprint density at radius 2 is 2.09 bits per heavy atom. The summed E-state index contributed by atoms with van der Waals surface area (Å²) in [6.07, 6.45) is 4.99. The van der Waals surface area contributed by atoms with E-state index in [0.29, 0.717) is 18.8 Å². The zero-order valence-corrected chi connectivity index (χ0v) is 14.3. The van der Waals surface area contributed by atoms with Gasteiger partial charge in [-0.3, -0.25) is 4.79 Å². The van der Waals surface area contributed by atoms with Crippen LogP contribution < -0.4 is 5.32 Å². The number of nitrogens with one attached hydrogen (secondary N) is 1. The van der Waals surface area contributed by atoms with Crippen molar-refractivity contribution in [3.8, 4) is 0 Å². The highest BCUT2D eigenvalue weighted by atomic mass is 16.6. The van der Waals surface area contributed by atoms with Gasteiger partial charge in [0.15, 0.2) is 0 Å². The van der Waals surface area contributed by atoms with E-state index in [1.165, 1.54) is 0 Å². The first-order valence-electron chi connectivity index (χ1n) is 8.09. The van der Waals surface area contributed by atoms with Crippen molar-refractivity contribution in [2.45, 2.75) is 58.7 Å². The fourth-order valence-corrected chi connectivity index (χ4v) is 2.32. The fourth-order valence-electron chi connectivity index (χ4n) is 2.32. The lowest BCUT2D eigenvalue weighted by atomic mass is 10.1. The van der Waals surface area contributed by atoms with Crippen LogP contribution >= 0.6 is 0 Å². The normalized spacial score (nSPS) is 15.2. The first-order chi connectivity index (χ1) is 10.8. The number of carbonyl (C=O) groups is 2. The molecule has 0 spiro atoms. The molecule has 7 nitrogen and oxygen atoms in total. The van der Waals surface area contributed by atoms with Crippen LogP contribution in [0.3, 0.4) is 0 Å². The molecule has 0 aromatic carbocycles. The SMILES string of the molecule is CCCCn1cncc1C(=O)NC1CN(C(=O)OC(C)(C)C)C1. The number of aromatic nitrogens is 2. The Balaban J connectivity index is 1.80. The summed E-state index contributed by atoms with van der Waals surface area (Å²) in [5.41, 5.74) is 0.0613. The molecule has 7 heteroatoms. The van der Waals surface area contributed by atoms with Crippen molar-refractivity contribution in [3.63, 3.8) is 0 Å². The van der Waals surface area contributed by atoms with Crippen LogP contribution in [0.15, 0.2) is 12.5 Å². The summed E-state index contributed by atoms with van der Waals surface area (Å²) in [7, 11) is 0. The molecule has 1 fully saturated rings. The van der Waals surface area contributed by atoms with Crippen molar-refractivity contribution >= 4 is 12.0 Å². The number of carbonyl (C=O) groups excluding carboxylic acids is 2. The van der Waals surface area contributed by atoms with Crippen LogP contribution in [0.25, 0.3) is 0 Å². The number of hydrogen-bond acceptors (Lipinski definition) is 4. The number of unbranched alkanes of at least 4 members (excludes halogenated alkanes) is 1. The van der Waals surface area contributed by atoms with Gasteiger partial charge < -0.3 is 19.5 Å². The smallest absolute Gasteiger partial charge is 0.410 e. The van der Waals surface area contributed by atoms with Crippen LogP contribution in [0.1, 0.15) is 51.0 Å². The fraction of sp³-hybridized carbons (Fsp3) is 0.688. The third-order valence-electron chi connectivity index (χ3n) is 3.57. The van der Waals surface area contributed by atoms with Crippen LogP contribution in [0.4, 0.5) is 4.79 Å². The Kier molecular flexibility index (Phi) is 5.28. The summed E-state index contributed by atoms with van der Waals surface area (Å²) in [6, 6.07) is -0.0375. The lowest BCUT2D eigenvalue weighted by Crippen LogP contribution is -2.61. The molecule has 1 aliphatic heterocycles. The molecule has 0 bridgehead atoms. The number of ether oxygens (including phenoxy) is 1. The number of likely N-dealkylation sites (tertiary alicyclic amines) is 1. The third kappa shape index (κ3) is 4.71. The number of imidazole rings is 1. The van der Waals surface area contributed by atoms with Crippen molar-refractivity contribution in [2.75, 3.05) is 13.1 Å². The van der Waals surface area contributed by atoms with Gasteiger partial charge in [0.1, 0.15) is 11.3 Å². The van der Waals surface area contributed by atoms with Gasteiger partial charge in [0.2, 0.25) is 0 Å². The second-order valence-corrected chi connectivity index (χ2v) is 6.88. The molecular weight excluding hydrogens is 296 g/mol. The van der Waals surface area contributed by atoms with Crippen molar-refractivity contribution in [1.29, 1.82) is 0 Å². The summed E-state index contributed by atoms with van der Waals surface area (Å²) in [5.74, 6) is -0.146. The summed E-state index contributed by atoms with van der Waals surface area (Å²) >= 11 is 0.